The first-order valence-electron chi connectivity index (χ1n) is 8.76. The molecule has 2 saturated carbocycles. The lowest BCUT2D eigenvalue weighted by molar-refractivity contribution is -0.263. The van der Waals surface area contributed by atoms with Crippen molar-refractivity contribution in [3.05, 3.63) is 0 Å². The van der Waals surface area contributed by atoms with Crippen LogP contribution in [0, 0.1) is 17.8 Å². The Bertz CT molecular complexity index is 355. The summed E-state index contributed by atoms with van der Waals surface area (Å²) in [5.74, 6) is 1.01. The molecule has 0 bridgehead atoms. The van der Waals surface area contributed by atoms with Crippen molar-refractivity contribution in [1.29, 1.82) is 0 Å². The highest BCUT2D eigenvalue weighted by atomic mass is 17.1. The van der Waals surface area contributed by atoms with E-state index in [2.05, 4.69) is 32.2 Å². The van der Waals surface area contributed by atoms with Gasteiger partial charge in [-0.05, 0) is 63.3 Å². The topological polar surface area (TPSA) is 95.7 Å². The molecule has 2 aliphatic carbocycles. The smallest absolute Gasteiger partial charge is 0.0848 e. The van der Waals surface area contributed by atoms with Crippen LogP contribution in [-0.2, 0) is 9.78 Å². The van der Waals surface area contributed by atoms with Crippen molar-refractivity contribution in [3.8, 4) is 0 Å². The molecular formula is C16H31N3O4. The first-order chi connectivity index (χ1) is 11.2. The predicted molar refractivity (Wildman–Crippen MR) is 86.3 cm³/mol. The molecule has 0 radical (unpaired) electrons. The highest BCUT2D eigenvalue weighted by molar-refractivity contribution is 4.86. The lowest BCUT2D eigenvalue weighted by Gasteiger charge is -2.33. The van der Waals surface area contributed by atoms with Gasteiger partial charge in [-0.1, -0.05) is 6.92 Å². The minimum absolute atomic E-state index is 0.123. The molecular weight excluding hydrogens is 298 g/mol. The molecule has 7 nitrogen and oxygen atoms in total. The van der Waals surface area contributed by atoms with Crippen molar-refractivity contribution in [2.45, 2.75) is 63.6 Å². The number of hydrogen-bond donors (Lipinski definition) is 3. The van der Waals surface area contributed by atoms with Gasteiger partial charge in [0, 0.05) is 6.04 Å². The Morgan fingerprint density at radius 3 is 2.13 bits per heavy atom. The van der Waals surface area contributed by atoms with E-state index in [-0.39, 0.29) is 17.9 Å². The molecule has 2 aliphatic rings. The zero-order valence-electron chi connectivity index (χ0n) is 14.2. The average molecular weight is 329 g/mol. The molecule has 0 spiro atoms. The molecule has 0 aromatic rings. The van der Waals surface area contributed by atoms with E-state index >= 15 is 0 Å². The van der Waals surface area contributed by atoms with Crippen LogP contribution in [0.4, 0.5) is 0 Å². The maximum absolute atomic E-state index is 8.70. The molecule has 0 heterocycles. The van der Waals surface area contributed by atoms with Crippen LogP contribution in [0.15, 0.2) is 10.2 Å². The SMILES string of the molecule is CNC1CCC(N=NC2CC(COO)CC(COO)C2)C(C)C1. The van der Waals surface area contributed by atoms with E-state index in [9.17, 15) is 0 Å². The highest BCUT2D eigenvalue weighted by Crippen LogP contribution is 2.33. The van der Waals surface area contributed by atoms with Crippen LogP contribution < -0.4 is 5.32 Å². The molecule has 7 heteroatoms. The van der Waals surface area contributed by atoms with Crippen LogP contribution >= 0.6 is 0 Å². The van der Waals surface area contributed by atoms with Gasteiger partial charge in [-0.25, -0.2) is 9.78 Å². The van der Waals surface area contributed by atoms with Crippen LogP contribution in [-0.4, -0.2) is 48.9 Å². The summed E-state index contributed by atoms with van der Waals surface area (Å²) >= 11 is 0. The third-order valence-electron chi connectivity index (χ3n) is 5.41. The van der Waals surface area contributed by atoms with Gasteiger partial charge < -0.3 is 5.32 Å². The number of nitrogens with one attached hydrogen (secondary N) is 1. The van der Waals surface area contributed by atoms with Gasteiger partial charge in [-0.15, -0.1) is 0 Å². The zero-order valence-corrected chi connectivity index (χ0v) is 14.2. The summed E-state index contributed by atoms with van der Waals surface area (Å²) in [6.07, 6.45) is 5.98. The summed E-state index contributed by atoms with van der Waals surface area (Å²) in [6, 6.07) is 1.03. The fourth-order valence-corrected chi connectivity index (χ4v) is 4.10. The molecule has 2 fully saturated rings. The lowest BCUT2D eigenvalue weighted by atomic mass is 9.79. The molecule has 0 aromatic carbocycles. The Hall–Kier alpha value is -0.600. The van der Waals surface area contributed by atoms with Gasteiger partial charge >= 0.3 is 0 Å². The van der Waals surface area contributed by atoms with E-state index < -0.39 is 0 Å². The van der Waals surface area contributed by atoms with E-state index in [1.807, 2.05) is 7.05 Å². The normalized spacial score (nSPS) is 39.0. The average Bonchev–Trinajstić information content (AvgIpc) is 2.54. The zero-order chi connectivity index (χ0) is 16.7. The summed E-state index contributed by atoms with van der Waals surface area (Å²) in [5, 5.41) is 30.0. The maximum Gasteiger partial charge on any atom is 0.0848 e. The molecule has 0 aromatic heterocycles. The molecule has 5 unspecified atom stereocenters. The molecule has 2 rings (SSSR count). The Morgan fingerprint density at radius 2 is 1.61 bits per heavy atom. The van der Waals surface area contributed by atoms with E-state index in [0.717, 1.165) is 38.5 Å². The molecule has 5 atom stereocenters. The molecule has 3 N–H and O–H groups in total. The van der Waals surface area contributed by atoms with Gasteiger partial charge in [0.05, 0.1) is 25.3 Å². The van der Waals surface area contributed by atoms with Crippen molar-refractivity contribution >= 4 is 0 Å². The van der Waals surface area contributed by atoms with Crippen molar-refractivity contribution in [2.24, 2.45) is 28.0 Å². The van der Waals surface area contributed by atoms with Crippen LogP contribution in [0.3, 0.4) is 0 Å². The maximum atomic E-state index is 8.70. The first-order valence-corrected chi connectivity index (χ1v) is 8.76. The van der Waals surface area contributed by atoms with Crippen molar-refractivity contribution in [2.75, 3.05) is 20.3 Å². The van der Waals surface area contributed by atoms with Gasteiger partial charge in [-0.2, -0.15) is 10.2 Å². The van der Waals surface area contributed by atoms with Gasteiger partial charge in [0.25, 0.3) is 0 Å². The summed E-state index contributed by atoms with van der Waals surface area (Å²) in [5.41, 5.74) is 0. The minimum atomic E-state index is 0.123. The van der Waals surface area contributed by atoms with Gasteiger partial charge in [-0.3, -0.25) is 10.5 Å². The Labute approximate surface area is 138 Å². The van der Waals surface area contributed by atoms with Gasteiger partial charge in [0.1, 0.15) is 0 Å². The van der Waals surface area contributed by atoms with Crippen molar-refractivity contribution in [1.82, 2.24) is 5.32 Å². The quantitative estimate of drug-likeness (QED) is 0.379. The Morgan fingerprint density at radius 1 is 0.957 bits per heavy atom. The number of rotatable bonds is 7. The van der Waals surface area contributed by atoms with Crippen LogP contribution in [0.2, 0.25) is 0 Å². The van der Waals surface area contributed by atoms with Crippen molar-refractivity contribution < 1.29 is 20.3 Å². The molecule has 0 aliphatic heterocycles. The monoisotopic (exact) mass is 329 g/mol. The van der Waals surface area contributed by atoms with E-state index in [1.165, 1.54) is 0 Å². The standard InChI is InChI=1S/C16H31N3O4/c1-11-5-14(17-2)3-4-16(11)19-18-15-7-12(9-22-20)6-13(8-15)10-23-21/h11-17,20-21H,3-10H2,1-2H3. The second-order valence-electron chi connectivity index (χ2n) is 7.26. The first kappa shape index (κ1) is 18.7. The summed E-state index contributed by atoms with van der Waals surface area (Å²) in [7, 11) is 2.02. The summed E-state index contributed by atoms with van der Waals surface area (Å²) in [4.78, 5) is 8.62. The number of hydrogen-bond acceptors (Lipinski definition) is 7. The largest absolute Gasteiger partial charge is 0.317 e. The fourth-order valence-electron chi connectivity index (χ4n) is 4.10. The lowest BCUT2D eigenvalue weighted by Crippen LogP contribution is -2.36. The molecule has 0 amide bonds. The molecule has 134 valence electrons. The van der Waals surface area contributed by atoms with E-state index in [0.29, 0.717) is 31.2 Å². The third kappa shape index (κ3) is 5.76. The van der Waals surface area contributed by atoms with Gasteiger partial charge in [0.15, 0.2) is 0 Å². The Balaban J connectivity index is 1.89. The van der Waals surface area contributed by atoms with Crippen LogP contribution in [0.1, 0.15) is 45.4 Å². The van der Waals surface area contributed by atoms with Crippen LogP contribution in [0.5, 0.6) is 0 Å². The highest BCUT2D eigenvalue weighted by Gasteiger charge is 2.31. The molecule has 23 heavy (non-hydrogen) atoms. The predicted octanol–water partition coefficient (Wildman–Crippen LogP) is 2.98. The third-order valence-corrected chi connectivity index (χ3v) is 5.41. The minimum Gasteiger partial charge on any atom is -0.317 e. The second-order valence-corrected chi connectivity index (χ2v) is 7.26. The number of azo groups is 1. The summed E-state index contributed by atoms with van der Waals surface area (Å²) < 4.78 is 0. The van der Waals surface area contributed by atoms with Gasteiger partial charge in [0.2, 0.25) is 0 Å². The van der Waals surface area contributed by atoms with E-state index in [4.69, 9.17) is 10.5 Å². The van der Waals surface area contributed by atoms with Crippen molar-refractivity contribution in [3.63, 3.8) is 0 Å². The number of nitrogens with zero attached hydrogens (tertiary/aromatic N) is 2. The van der Waals surface area contributed by atoms with E-state index in [1.54, 1.807) is 0 Å². The Kier molecular flexibility index (Phi) is 7.85. The second kappa shape index (κ2) is 9.64. The summed E-state index contributed by atoms with van der Waals surface area (Å²) in [6.45, 7) is 2.86. The molecule has 0 saturated heterocycles. The van der Waals surface area contributed by atoms with Crippen LogP contribution in [0.25, 0.3) is 0 Å². The fraction of sp³-hybridized carbons (Fsp3) is 1.00.